The number of hydrogen-bond donors (Lipinski definition) is 0. The van der Waals surface area contributed by atoms with Crippen molar-refractivity contribution < 1.29 is 24.0 Å². The van der Waals surface area contributed by atoms with Gasteiger partial charge in [-0.25, -0.2) is 4.79 Å². The van der Waals surface area contributed by atoms with Gasteiger partial charge >= 0.3 is 5.97 Å². The lowest BCUT2D eigenvalue weighted by molar-refractivity contribution is -0.179. The second-order valence-electron chi connectivity index (χ2n) is 4.36. The van der Waals surface area contributed by atoms with Gasteiger partial charge in [-0.3, -0.25) is 9.59 Å². The van der Waals surface area contributed by atoms with Crippen LogP contribution in [-0.2, 0) is 14.4 Å². The second-order valence-corrected chi connectivity index (χ2v) is 4.36. The molecule has 0 saturated carbocycles. The van der Waals surface area contributed by atoms with Crippen LogP contribution in [0.25, 0.3) is 0 Å². The number of fused-ring (bicyclic) bond motifs is 1. The molecular weight excluding hydrogens is 250 g/mol. The number of ether oxygens (including phenoxy) is 1. The summed E-state index contributed by atoms with van der Waals surface area (Å²) in [6.45, 7) is 0.488. The molecule has 6 nitrogen and oxygen atoms in total. The molecule has 2 amide bonds. The average Bonchev–Trinajstić information content (AvgIpc) is 3.03. The minimum atomic E-state index is -0.702. The zero-order chi connectivity index (χ0) is 13.4. The van der Waals surface area contributed by atoms with E-state index in [1.54, 1.807) is 12.1 Å². The largest absolute Gasteiger partial charge is 0.366 e. The van der Waals surface area contributed by atoms with Crippen molar-refractivity contribution >= 4 is 17.8 Å². The van der Waals surface area contributed by atoms with E-state index in [1.165, 1.54) is 12.1 Å². The molecule has 0 N–H and O–H groups in total. The van der Waals surface area contributed by atoms with Gasteiger partial charge in [-0.15, -0.1) is 0 Å². The summed E-state index contributed by atoms with van der Waals surface area (Å²) in [6, 6.07) is 6.34. The Morgan fingerprint density at radius 2 is 1.84 bits per heavy atom. The zero-order valence-corrected chi connectivity index (χ0v) is 10.00. The van der Waals surface area contributed by atoms with Gasteiger partial charge in [0.05, 0.1) is 11.1 Å². The van der Waals surface area contributed by atoms with Crippen LogP contribution in [-0.4, -0.2) is 35.6 Å². The number of imide groups is 1. The molecule has 2 aliphatic rings. The van der Waals surface area contributed by atoms with E-state index in [1.807, 2.05) is 0 Å². The van der Waals surface area contributed by atoms with E-state index < -0.39 is 23.9 Å². The molecule has 2 aliphatic heterocycles. The number of benzene rings is 1. The van der Waals surface area contributed by atoms with E-state index in [0.717, 1.165) is 6.42 Å². The highest BCUT2D eigenvalue weighted by Gasteiger charge is 2.40. The maximum absolute atomic E-state index is 11.9. The molecule has 1 fully saturated rings. The van der Waals surface area contributed by atoms with E-state index in [4.69, 9.17) is 9.57 Å². The molecule has 2 heterocycles. The molecule has 0 bridgehead atoms. The lowest BCUT2D eigenvalue weighted by Gasteiger charge is -2.15. The van der Waals surface area contributed by atoms with Gasteiger partial charge in [0.15, 0.2) is 6.10 Å². The third-order valence-electron chi connectivity index (χ3n) is 3.13. The fourth-order valence-electron chi connectivity index (χ4n) is 2.16. The monoisotopic (exact) mass is 261 g/mol. The Kier molecular flexibility index (Phi) is 2.79. The molecule has 1 atom stereocenters. The molecule has 0 aliphatic carbocycles. The van der Waals surface area contributed by atoms with Crippen molar-refractivity contribution in [2.75, 3.05) is 6.61 Å². The topological polar surface area (TPSA) is 72.9 Å². The number of hydrogen-bond acceptors (Lipinski definition) is 5. The molecule has 1 aromatic carbocycles. The summed E-state index contributed by atoms with van der Waals surface area (Å²) in [5, 5.41) is 0.509. The lowest BCUT2D eigenvalue weighted by Crippen LogP contribution is -2.36. The smallest absolute Gasteiger partial charge is 0.361 e. The van der Waals surface area contributed by atoms with Crippen molar-refractivity contribution in [3.8, 4) is 0 Å². The minimum Gasteiger partial charge on any atom is -0.366 e. The zero-order valence-electron chi connectivity index (χ0n) is 10.00. The van der Waals surface area contributed by atoms with Crippen LogP contribution in [0.2, 0.25) is 0 Å². The third-order valence-corrected chi connectivity index (χ3v) is 3.13. The molecular formula is C13H11NO5. The van der Waals surface area contributed by atoms with Crippen molar-refractivity contribution in [1.29, 1.82) is 0 Å². The van der Waals surface area contributed by atoms with Crippen LogP contribution in [0.4, 0.5) is 0 Å². The fraction of sp³-hybridized carbons (Fsp3) is 0.308. The number of rotatable bonds is 2. The Labute approximate surface area is 108 Å². The Morgan fingerprint density at radius 3 is 2.37 bits per heavy atom. The van der Waals surface area contributed by atoms with Gasteiger partial charge in [-0.2, -0.15) is 0 Å². The molecule has 19 heavy (non-hydrogen) atoms. The fourth-order valence-corrected chi connectivity index (χ4v) is 2.16. The first kappa shape index (κ1) is 11.9. The Bertz CT molecular complexity index is 527. The molecule has 0 unspecified atom stereocenters. The van der Waals surface area contributed by atoms with Crippen molar-refractivity contribution in [1.82, 2.24) is 5.06 Å². The Balaban J connectivity index is 1.78. The van der Waals surface area contributed by atoms with Gasteiger partial charge in [0.1, 0.15) is 0 Å². The van der Waals surface area contributed by atoms with E-state index in [2.05, 4.69) is 0 Å². The summed E-state index contributed by atoms with van der Waals surface area (Å²) in [5.41, 5.74) is 0.486. The molecule has 0 spiro atoms. The lowest BCUT2D eigenvalue weighted by atomic mass is 10.1. The van der Waals surface area contributed by atoms with E-state index in [-0.39, 0.29) is 11.1 Å². The first-order valence-electron chi connectivity index (χ1n) is 5.99. The summed E-state index contributed by atoms with van der Waals surface area (Å²) in [4.78, 5) is 40.5. The molecule has 0 radical (unpaired) electrons. The number of amides is 2. The van der Waals surface area contributed by atoms with E-state index in [9.17, 15) is 14.4 Å². The SMILES string of the molecule is O=C(ON1C(=O)c2ccccc2C1=O)[C@@H]1CCCO1. The van der Waals surface area contributed by atoms with Crippen LogP contribution in [0.1, 0.15) is 33.6 Å². The first-order chi connectivity index (χ1) is 9.18. The number of nitrogens with zero attached hydrogens (tertiary/aromatic N) is 1. The first-order valence-corrected chi connectivity index (χ1v) is 5.99. The predicted molar refractivity (Wildman–Crippen MR) is 62.0 cm³/mol. The van der Waals surface area contributed by atoms with Crippen molar-refractivity contribution in [3.05, 3.63) is 35.4 Å². The van der Waals surface area contributed by atoms with E-state index >= 15 is 0 Å². The maximum Gasteiger partial charge on any atom is 0.361 e. The summed E-state index contributed by atoms with van der Waals surface area (Å²) in [5.74, 6) is -1.94. The van der Waals surface area contributed by atoms with E-state index in [0.29, 0.717) is 18.1 Å². The van der Waals surface area contributed by atoms with Crippen molar-refractivity contribution in [2.24, 2.45) is 0 Å². The summed E-state index contributed by atoms with van der Waals surface area (Å²) < 4.78 is 5.15. The van der Waals surface area contributed by atoms with Gasteiger partial charge in [0.25, 0.3) is 11.8 Å². The average molecular weight is 261 g/mol. The second kappa shape index (κ2) is 4.47. The van der Waals surface area contributed by atoms with Crippen LogP contribution < -0.4 is 0 Å². The predicted octanol–water partition coefficient (Wildman–Crippen LogP) is 0.920. The quantitative estimate of drug-likeness (QED) is 0.740. The highest BCUT2D eigenvalue weighted by Crippen LogP contribution is 2.24. The molecule has 3 rings (SSSR count). The number of carbonyl (C=O) groups is 3. The van der Waals surface area contributed by atoms with Gasteiger partial charge in [0.2, 0.25) is 0 Å². The highest BCUT2D eigenvalue weighted by atomic mass is 16.7. The third kappa shape index (κ3) is 1.90. The van der Waals surface area contributed by atoms with Gasteiger partial charge in [0, 0.05) is 6.61 Å². The van der Waals surface area contributed by atoms with Crippen LogP contribution in [0, 0.1) is 0 Å². The van der Waals surface area contributed by atoms with Gasteiger partial charge in [-0.1, -0.05) is 17.2 Å². The Morgan fingerprint density at radius 1 is 1.21 bits per heavy atom. The maximum atomic E-state index is 11.9. The number of carbonyl (C=O) groups excluding carboxylic acids is 3. The van der Waals surface area contributed by atoms with Gasteiger partial charge in [-0.05, 0) is 25.0 Å². The molecule has 98 valence electrons. The van der Waals surface area contributed by atoms with Crippen molar-refractivity contribution in [3.63, 3.8) is 0 Å². The highest BCUT2D eigenvalue weighted by molar-refractivity contribution is 6.20. The summed E-state index contributed by atoms with van der Waals surface area (Å²) in [6.07, 6.45) is 0.619. The molecule has 0 aromatic heterocycles. The summed E-state index contributed by atoms with van der Waals surface area (Å²) >= 11 is 0. The van der Waals surface area contributed by atoms with Gasteiger partial charge < -0.3 is 9.57 Å². The van der Waals surface area contributed by atoms with Crippen LogP contribution in [0.5, 0.6) is 0 Å². The standard InChI is InChI=1S/C13H11NO5/c15-11-8-4-1-2-5-9(8)12(16)14(11)19-13(17)10-6-3-7-18-10/h1-2,4-5,10H,3,6-7H2/t10-/m0/s1. The summed E-state index contributed by atoms with van der Waals surface area (Å²) in [7, 11) is 0. The molecule has 1 aromatic rings. The Hall–Kier alpha value is -2.21. The normalized spacial score (nSPS) is 21.7. The molecule has 1 saturated heterocycles. The number of hydroxylamine groups is 2. The minimum absolute atomic E-state index is 0.243. The molecule has 6 heteroatoms. The van der Waals surface area contributed by atoms with Crippen LogP contribution in [0.15, 0.2) is 24.3 Å². The van der Waals surface area contributed by atoms with Crippen molar-refractivity contribution in [2.45, 2.75) is 18.9 Å². The van der Waals surface area contributed by atoms with Crippen LogP contribution in [0.3, 0.4) is 0 Å². The van der Waals surface area contributed by atoms with Crippen LogP contribution >= 0.6 is 0 Å².